The first-order valence-electron chi connectivity index (χ1n) is 5.80. The largest absolute Gasteiger partial charge is 0.462 e. The Kier molecular flexibility index (Phi) is 6.89. The van der Waals surface area contributed by atoms with Gasteiger partial charge in [0.2, 0.25) is 0 Å². The van der Waals surface area contributed by atoms with Crippen molar-refractivity contribution < 1.29 is 49.0 Å². The van der Waals surface area contributed by atoms with Crippen LogP contribution in [0.4, 0.5) is 39.5 Å². The minimum absolute atomic E-state index is 0.0928. The zero-order valence-electron chi connectivity index (χ0n) is 11.5. The molecule has 0 atom stereocenters. The van der Waals surface area contributed by atoms with Gasteiger partial charge >= 0.3 is 29.9 Å². The quantitative estimate of drug-likeness (QED) is 0.349. The number of ether oxygens (including phenoxy) is 1. The maximum absolute atomic E-state index is 13.1. The van der Waals surface area contributed by atoms with Crippen molar-refractivity contribution in [1.29, 1.82) is 0 Å². The lowest BCUT2D eigenvalue weighted by atomic mass is 10.0. The number of esters is 1. The van der Waals surface area contributed by atoms with Crippen LogP contribution in [-0.4, -0.2) is 42.3 Å². The second kappa shape index (κ2) is 7.22. The van der Waals surface area contributed by atoms with Crippen molar-refractivity contribution in [2.75, 3.05) is 12.4 Å². The molecule has 0 heterocycles. The van der Waals surface area contributed by atoms with Crippen LogP contribution < -0.4 is 0 Å². The fraction of sp³-hybridized carbons (Fsp3) is 0.727. The monoisotopic (exact) mass is 378 g/mol. The van der Waals surface area contributed by atoms with E-state index in [1.54, 1.807) is 0 Å². The lowest BCUT2D eigenvalue weighted by Crippen LogP contribution is -2.60. The van der Waals surface area contributed by atoms with Crippen LogP contribution in [0.15, 0.2) is 11.5 Å². The van der Waals surface area contributed by atoms with Gasteiger partial charge in [0.15, 0.2) is 0 Å². The van der Waals surface area contributed by atoms with E-state index in [0.717, 1.165) is 0 Å². The zero-order valence-corrected chi connectivity index (χ0v) is 12.3. The van der Waals surface area contributed by atoms with Crippen molar-refractivity contribution in [3.05, 3.63) is 11.5 Å². The summed E-state index contributed by atoms with van der Waals surface area (Å²) in [6.45, 7) is 4.38. The van der Waals surface area contributed by atoms with Crippen molar-refractivity contribution >= 4 is 17.7 Å². The molecule has 0 aliphatic heterocycles. The Morgan fingerprint density at radius 2 is 1.48 bits per heavy atom. The lowest BCUT2D eigenvalue weighted by molar-refractivity contribution is -0.396. The number of hydrogen-bond acceptors (Lipinski definition) is 3. The highest BCUT2D eigenvalue weighted by Gasteiger charge is 2.81. The first-order chi connectivity index (χ1) is 10.1. The number of hydrogen-bond donors (Lipinski definition) is 0. The van der Waals surface area contributed by atoms with Crippen LogP contribution in [0.2, 0.25) is 0 Å². The molecule has 0 aliphatic rings. The molecule has 0 fully saturated rings. The number of halogens is 9. The van der Waals surface area contributed by atoms with E-state index in [4.69, 9.17) is 0 Å². The summed E-state index contributed by atoms with van der Waals surface area (Å²) < 4.78 is 117. The number of carbonyl (C=O) groups excluding carboxylic acids is 1. The van der Waals surface area contributed by atoms with Gasteiger partial charge < -0.3 is 4.74 Å². The molecule has 2 nitrogen and oxygen atoms in total. The standard InChI is InChI=1S/C11H11F9O2S/c1-3-22-7(21)6(2)23-5-4-8(12,13)9(14,15)10(16,17)11(18,19)20/h2-5H2,1H3. The molecular formula is C11H11F9O2S. The van der Waals surface area contributed by atoms with Gasteiger partial charge in [0.25, 0.3) is 0 Å². The van der Waals surface area contributed by atoms with Crippen LogP contribution in [-0.2, 0) is 9.53 Å². The molecule has 12 heteroatoms. The summed E-state index contributed by atoms with van der Waals surface area (Å²) in [4.78, 5) is 10.6. The van der Waals surface area contributed by atoms with E-state index < -0.39 is 47.0 Å². The van der Waals surface area contributed by atoms with Gasteiger partial charge in [-0.25, -0.2) is 4.79 Å². The molecule has 0 aromatic carbocycles. The van der Waals surface area contributed by atoms with Crippen LogP contribution >= 0.6 is 11.8 Å². The van der Waals surface area contributed by atoms with Gasteiger partial charge in [-0.3, -0.25) is 0 Å². The summed E-state index contributed by atoms with van der Waals surface area (Å²) in [7, 11) is 0. The highest BCUT2D eigenvalue weighted by Crippen LogP contribution is 2.54. The molecule has 0 saturated heterocycles. The van der Waals surface area contributed by atoms with E-state index in [9.17, 15) is 44.3 Å². The normalized spacial score (nSPS) is 13.8. The predicted molar refractivity (Wildman–Crippen MR) is 63.7 cm³/mol. The molecule has 0 radical (unpaired) electrons. The molecular weight excluding hydrogens is 367 g/mol. The Labute approximate surface area is 129 Å². The predicted octanol–water partition coefficient (Wildman–Crippen LogP) is 4.65. The Morgan fingerprint density at radius 1 is 1.00 bits per heavy atom. The average molecular weight is 378 g/mol. The maximum Gasteiger partial charge on any atom is 0.460 e. The van der Waals surface area contributed by atoms with E-state index in [2.05, 4.69) is 11.3 Å². The first-order valence-corrected chi connectivity index (χ1v) is 6.79. The topological polar surface area (TPSA) is 26.3 Å². The average Bonchev–Trinajstić information content (AvgIpc) is 2.36. The molecule has 0 bridgehead atoms. The van der Waals surface area contributed by atoms with Crippen molar-refractivity contribution in [1.82, 2.24) is 0 Å². The summed E-state index contributed by atoms with van der Waals surface area (Å²) in [5.41, 5.74) is 0. The molecule has 0 aliphatic carbocycles. The van der Waals surface area contributed by atoms with Crippen LogP contribution in [0.5, 0.6) is 0 Å². The van der Waals surface area contributed by atoms with Crippen LogP contribution in [0.3, 0.4) is 0 Å². The Bertz CT molecular complexity index is 445. The summed E-state index contributed by atoms with van der Waals surface area (Å²) in [6, 6.07) is 0. The minimum Gasteiger partial charge on any atom is -0.462 e. The first kappa shape index (κ1) is 21.9. The Balaban J connectivity index is 4.94. The van der Waals surface area contributed by atoms with Gasteiger partial charge in [-0.1, -0.05) is 6.58 Å². The van der Waals surface area contributed by atoms with Gasteiger partial charge in [-0.15, -0.1) is 11.8 Å². The van der Waals surface area contributed by atoms with Crippen molar-refractivity contribution in [2.24, 2.45) is 0 Å². The lowest BCUT2D eigenvalue weighted by Gasteiger charge is -2.33. The second-order valence-electron chi connectivity index (χ2n) is 4.09. The highest BCUT2D eigenvalue weighted by atomic mass is 32.2. The van der Waals surface area contributed by atoms with Crippen molar-refractivity contribution in [3.63, 3.8) is 0 Å². The van der Waals surface area contributed by atoms with Crippen molar-refractivity contribution in [2.45, 2.75) is 37.3 Å². The molecule has 0 saturated carbocycles. The number of alkyl halides is 9. The van der Waals surface area contributed by atoms with E-state index in [-0.39, 0.29) is 18.4 Å². The molecule has 0 aromatic rings. The maximum atomic E-state index is 13.1. The fourth-order valence-corrected chi connectivity index (χ4v) is 1.92. The molecule has 0 amide bonds. The zero-order chi connectivity index (χ0) is 18.7. The summed E-state index contributed by atoms with van der Waals surface area (Å²) in [5.74, 6) is -21.3. The molecule has 0 unspecified atom stereocenters. The SMILES string of the molecule is C=C(SCCC(F)(F)C(F)(F)C(F)(F)C(F)(F)F)C(=O)OCC. The van der Waals surface area contributed by atoms with E-state index in [0.29, 0.717) is 0 Å². The highest BCUT2D eigenvalue weighted by molar-refractivity contribution is 8.03. The molecule has 0 rings (SSSR count). The van der Waals surface area contributed by atoms with Crippen LogP contribution in [0.1, 0.15) is 13.3 Å². The number of carbonyl (C=O) groups is 1. The fourth-order valence-electron chi connectivity index (χ4n) is 1.14. The third kappa shape index (κ3) is 4.70. The molecule has 0 N–H and O–H groups in total. The van der Waals surface area contributed by atoms with Gasteiger partial charge in [0.05, 0.1) is 11.5 Å². The summed E-state index contributed by atoms with van der Waals surface area (Å²) in [6.07, 6.45) is -8.88. The molecule has 0 aromatic heterocycles. The number of rotatable bonds is 8. The van der Waals surface area contributed by atoms with Crippen LogP contribution in [0.25, 0.3) is 0 Å². The number of thioether (sulfide) groups is 1. The van der Waals surface area contributed by atoms with Crippen LogP contribution in [0, 0.1) is 0 Å². The third-order valence-electron chi connectivity index (χ3n) is 2.41. The summed E-state index contributed by atoms with van der Waals surface area (Å²) >= 11 is 0.177. The van der Waals surface area contributed by atoms with Gasteiger partial charge in [-0.05, 0) is 6.92 Å². The Morgan fingerprint density at radius 3 is 1.87 bits per heavy atom. The van der Waals surface area contributed by atoms with E-state index in [1.165, 1.54) is 6.92 Å². The van der Waals surface area contributed by atoms with Crippen molar-refractivity contribution in [3.8, 4) is 0 Å². The summed E-state index contributed by atoms with van der Waals surface area (Å²) in [5, 5.41) is 0. The second-order valence-corrected chi connectivity index (χ2v) is 5.28. The van der Waals surface area contributed by atoms with Gasteiger partial charge in [-0.2, -0.15) is 39.5 Å². The molecule has 136 valence electrons. The van der Waals surface area contributed by atoms with E-state index in [1.807, 2.05) is 0 Å². The molecule has 0 spiro atoms. The Hall–Kier alpha value is -1.07. The minimum atomic E-state index is -6.91. The van der Waals surface area contributed by atoms with Gasteiger partial charge in [0.1, 0.15) is 0 Å². The van der Waals surface area contributed by atoms with E-state index >= 15 is 0 Å². The smallest absolute Gasteiger partial charge is 0.460 e. The third-order valence-corrected chi connectivity index (χ3v) is 3.33. The molecule has 23 heavy (non-hydrogen) atoms. The van der Waals surface area contributed by atoms with Gasteiger partial charge in [0, 0.05) is 12.2 Å².